The van der Waals surface area contributed by atoms with Crippen molar-refractivity contribution in [1.29, 1.82) is 0 Å². The summed E-state index contributed by atoms with van der Waals surface area (Å²) in [5.74, 6) is -0.101. The Labute approximate surface area is 173 Å². The topological polar surface area (TPSA) is 90.9 Å². The number of aromatic nitrogens is 4. The van der Waals surface area contributed by atoms with Gasteiger partial charge in [0.05, 0.1) is 5.75 Å². The Balaban J connectivity index is 1.90. The molecule has 8 nitrogen and oxygen atoms in total. The van der Waals surface area contributed by atoms with Gasteiger partial charge in [0.2, 0.25) is 5.91 Å². The van der Waals surface area contributed by atoms with Crippen molar-refractivity contribution in [2.45, 2.75) is 11.7 Å². The van der Waals surface area contributed by atoms with Gasteiger partial charge in [0, 0.05) is 30.8 Å². The fraction of sp³-hybridized carbons (Fsp3) is 0.222. The van der Waals surface area contributed by atoms with E-state index in [1.54, 1.807) is 29.8 Å². The molecule has 3 aromatic rings. The first-order chi connectivity index (χ1) is 13.3. The summed E-state index contributed by atoms with van der Waals surface area (Å²) in [6.45, 7) is 4.05. The molecule has 1 amide bonds. The predicted molar refractivity (Wildman–Crippen MR) is 114 cm³/mol. The van der Waals surface area contributed by atoms with E-state index in [0.29, 0.717) is 22.9 Å². The van der Waals surface area contributed by atoms with Crippen LogP contribution in [0.15, 0.2) is 56.1 Å². The third-order valence-electron chi connectivity index (χ3n) is 4.08. The van der Waals surface area contributed by atoms with Crippen molar-refractivity contribution in [2.75, 3.05) is 11.1 Å². The average Bonchev–Trinajstić information content (AvgIpc) is 3.04. The van der Waals surface area contributed by atoms with Crippen LogP contribution in [0.1, 0.15) is 0 Å². The van der Waals surface area contributed by atoms with Crippen molar-refractivity contribution >= 4 is 50.5 Å². The molecule has 1 N–H and O–H groups in total. The molecule has 0 aliphatic rings. The summed E-state index contributed by atoms with van der Waals surface area (Å²) in [6.07, 6.45) is 1.64. The van der Waals surface area contributed by atoms with E-state index < -0.39 is 11.2 Å². The highest BCUT2D eigenvalue weighted by Gasteiger charge is 2.19. The number of allylic oxidation sites excluding steroid dienone is 1. The SMILES string of the molecule is C=CCn1c(SCC(=O)Nc2ccc(Br)cc2)nc2c1c(=O)n(C)c(=O)n2C. The number of nitrogens with one attached hydrogen (secondary N) is 1. The van der Waals surface area contributed by atoms with Crippen molar-refractivity contribution in [3.63, 3.8) is 0 Å². The van der Waals surface area contributed by atoms with E-state index in [1.807, 2.05) is 12.1 Å². The maximum Gasteiger partial charge on any atom is 0.332 e. The summed E-state index contributed by atoms with van der Waals surface area (Å²) in [5, 5.41) is 3.28. The minimum Gasteiger partial charge on any atom is -0.325 e. The fourth-order valence-electron chi connectivity index (χ4n) is 2.70. The number of hydrogen-bond donors (Lipinski definition) is 1. The molecule has 1 aromatic carbocycles. The number of hydrogen-bond acceptors (Lipinski definition) is 5. The number of carbonyl (C=O) groups excluding carboxylic acids is 1. The van der Waals surface area contributed by atoms with Gasteiger partial charge in [-0.15, -0.1) is 6.58 Å². The van der Waals surface area contributed by atoms with Crippen LogP contribution in [0.3, 0.4) is 0 Å². The van der Waals surface area contributed by atoms with E-state index in [-0.39, 0.29) is 17.3 Å². The molecule has 146 valence electrons. The second kappa shape index (κ2) is 8.19. The number of amides is 1. The largest absolute Gasteiger partial charge is 0.332 e. The lowest BCUT2D eigenvalue weighted by Gasteiger charge is -2.07. The highest BCUT2D eigenvalue weighted by atomic mass is 79.9. The van der Waals surface area contributed by atoms with Gasteiger partial charge in [-0.05, 0) is 24.3 Å². The van der Waals surface area contributed by atoms with E-state index >= 15 is 0 Å². The molecule has 0 unspecified atom stereocenters. The average molecular weight is 464 g/mol. The first-order valence-corrected chi connectivity index (χ1v) is 10.1. The van der Waals surface area contributed by atoms with Crippen LogP contribution in [0.5, 0.6) is 0 Å². The maximum absolute atomic E-state index is 12.6. The quantitative estimate of drug-likeness (QED) is 0.446. The van der Waals surface area contributed by atoms with Crippen LogP contribution in [0.25, 0.3) is 11.2 Å². The summed E-state index contributed by atoms with van der Waals surface area (Å²) in [7, 11) is 2.98. The molecule has 28 heavy (non-hydrogen) atoms. The normalized spacial score (nSPS) is 11.0. The van der Waals surface area contributed by atoms with E-state index in [1.165, 1.54) is 23.4 Å². The Morgan fingerprint density at radius 3 is 2.57 bits per heavy atom. The number of carbonyl (C=O) groups is 1. The third-order valence-corrected chi connectivity index (χ3v) is 5.59. The second-order valence-electron chi connectivity index (χ2n) is 6.02. The van der Waals surface area contributed by atoms with Crippen LogP contribution >= 0.6 is 27.7 Å². The lowest BCUT2D eigenvalue weighted by atomic mass is 10.3. The molecule has 2 heterocycles. The standard InChI is InChI=1S/C18H18BrN5O3S/c1-4-9-24-14-15(22(2)18(27)23(3)16(14)26)21-17(24)28-10-13(25)20-12-7-5-11(19)6-8-12/h4-8H,1,9-10H2,2-3H3,(H,20,25). The van der Waals surface area contributed by atoms with Crippen LogP contribution in [0, 0.1) is 0 Å². The van der Waals surface area contributed by atoms with Crippen LogP contribution in [-0.4, -0.2) is 30.3 Å². The lowest BCUT2D eigenvalue weighted by Crippen LogP contribution is -2.37. The molecule has 0 bridgehead atoms. The van der Waals surface area contributed by atoms with Gasteiger partial charge in [-0.2, -0.15) is 0 Å². The van der Waals surface area contributed by atoms with E-state index in [4.69, 9.17) is 0 Å². The third kappa shape index (κ3) is 3.83. The van der Waals surface area contributed by atoms with Crippen molar-refractivity contribution in [3.05, 3.63) is 62.2 Å². The van der Waals surface area contributed by atoms with Gasteiger partial charge in [0.15, 0.2) is 16.3 Å². The number of imidazole rings is 1. The number of anilines is 1. The van der Waals surface area contributed by atoms with Crippen LogP contribution in [-0.2, 0) is 25.4 Å². The predicted octanol–water partition coefficient (Wildman–Crippen LogP) is 2.11. The Bertz CT molecular complexity index is 1180. The van der Waals surface area contributed by atoms with E-state index in [2.05, 4.69) is 32.8 Å². The number of nitrogens with zero attached hydrogens (tertiary/aromatic N) is 4. The number of aryl methyl sites for hydroxylation is 1. The molecule has 0 spiro atoms. The Hall–Kier alpha value is -2.59. The van der Waals surface area contributed by atoms with Crippen molar-refractivity contribution in [2.24, 2.45) is 14.1 Å². The number of benzene rings is 1. The lowest BCUT2D eigenvalue weighted by molar-refractivity contribution is -0.113. The number of halogens is 1. The first-order valence-electron chi connectivity index (χ1n) is 8.29. The zero-order chi connectivity index (χ0) is 20.4. The summed E-state index contributed by atoms with van der Waals surface area (Å²) in [4.78, 5) is 41.4. The zero-order valence-electron chi connectivity index (χ0n) is 15.3. The first kappa shape index (κ1) is 20.2. The molecule has 2 aromatic heterocycles. The minimum absolute atomic E-state index is 0.102. The van der Waals surface area contributed by atoms with E-state index in [9.17, 15) is 14.4 Å². The molecule has 10 heteroatoms. The number of thioether (sulfide) groups is 1. The highest BCUT2D eigenvalue weighted by molar-refractivity contribution is 9.10. The van der Waals surface area contributed by atoms with E-state index in [0.717, 1.165) is 9.04 Å². The summed E-state index contributed by atoms with van der Waals surface area (Å²) < 4.78 is 4.95. The highest BCUT2D eigenvalue weighted by Crippen LogP contribution is 2.22. The molecule has 0 aliphatic heterocycles. The molecule has 0 radical (unpaired) electrons. The molecular formula is C18H18BrN5O3S. The monoisotopic (exact) mass is 463 g/mol. The molecule has 3 rings (SSSR count). The summed E-state index contributed by atoms with van der Waals surface area (Å²) in [5.41, 5.74) is 0.389. The number of rotatable bonds is 6. The molecule has 0 saturated carbocycles. The van der Waals surface area contributed by atoms with Gasteiger partial charge in [0.1, 0.15) is 0 Å². The molecule has 0 fully saturated rings. The Morgan fingerprint density at radius 1 is 1.25 bits per heavy atom. The van der Waals surface area contributed by atoms with Gasteiger partial charge in [0.25, 0.3) is 5.56 Å². The maximum atomic E-state index is 12.6. The molecule has 0 saturated heterocycles. The molecule has 0 atom stereocenters. The zero-order valence-corrected chi connectivity index (χ0v) is 17.7. The smallest absolute Gasteiger partial charge is 0.325 e. The Morgan fingerprint density at radius 2 is 1.93 bits per heavy atom. The number of fused-ring (bicyclic) bond motifs is 1. The van der Waals surface area contributed by atoms with Crippen LogP contribution < -0.4 is 16.6 Å². The summed E-state index contributed by atoms with van der Waals surface area (Å²) in [6, 6.07) is 7.25. The molecular weight excluding hydrogens is 446 g/mol. The van der Waals surface area contributed by atoms with Crippen LogP contribution in [0.4, 0.5) is 5.69 Å². The van der Waals surface area contributed by atoms with Crippen molar-refractivity contribution in [3.8, 4) is 0 Å². The van der Waals surface area contributed by atoms with Gasteiger partial charge in [-0.25, -0.2) is 9.78 Å². The van der Waals surface area contributed by atoms with Crippen molar-refractivity contribution in [1.82, 2.24) is 18.7 Å². The summed E-state index contributed by atoms with van der Waals surface area (Å²) >= 11 is 4.54. The van der Waals surface area contributed by atoms with Crippen LogP contribution in [0.2, 0.25) is 0 Å². The molecule has 0 aliphatic carbocycles. The fourth-order valence-corrected chi connectivity index (χ4v) is 3.76. The van der Waals surface area contributed by atoms with Crippen molar-refractivity contribution < 1.29 is 4.79 Å². The van der Waals surface area contributed by atoms with Gasteiger partial charge in [-0.3, -0.25) is 18.7 Å². The minimum atomic E-state index is -0.453. The second-order valence-corrected chi connectivity index (χ2v) is 7.87. The Kier molecular flexibility index (Phi) is 5.90. The van der Waals surface area contributed by atoms with Gasteiger partial charge < -0.3 is 9.88 Å². The van der Waals surface area contributed by atoms with Gasteiger partial charge in [-0.1, -0.05) is 33.8 Å². The van der Waals surface area contributed by atoms with Gasteiger partial charge >= 0.3 is 5.69 Å².